The summed E-state index contributed by atoms with van der Waals surface area (Å²) in [7, 11) is -3.70. The Morgan fingerprint density at radius 3 is 1.35 bits per heavy atom. The van der Waals surface area contributed by atoms with Crippen LogP contribution in [-0.2, 0) is 18.4 Å². The van der Waals surface area contributed by atoms with Crippen molar-refractivity contribution in [1.82, 2.24) is 14.7 Å². The van der Waals surface area contributed by atoms with Crippen molar-refractivity contribution in [3.63, 3.8) is 0 Å². The molecule has 104 valence electrons. The van der Waals surface area contributed by atoms with Crippen LogP contribution in [0, 0.1) is 0 Å². The molecule has 11 heteroatoms. The van der Waals surface area contributed by atoms with Crippen LogP contribution in [0.25, 0.3) is 0 Å². The average molecular weight is 323 g/mol. The Balaban J connectivity index is 4.00. The Bertz CT molecular complexity index is 193. The van der Waals surface area contributed by atoms with Crippen LogP contribution in [0.2, 0.25) is 0 Å². The Hall–Kier alpha value is 1.04. The third-order valence-corrected chi connectivity index (χ3v) is 3.84. The first-order chi connectivity index (χ1) is 8.18. The zero-order chi connectivity index (χ0) is 13.0. The summed E-state index contributed by atoms with van der Waals surface area (Å²) in [4.78, 5) is 7.30. The second kappa shape index (κ2) is 12.1. The van der Waals surface area contributed by atoms with E-state index in [2.05, 4.69) is 14.7 Å². The van der Waals surface area contributed by atoms with Gasteiger partial charge in [-0.15, -0.1) is 14.7 Å². The monoisotopic (exact) mass is 323 g/mol. The molecular weight excluding hydrogens is 305 g/mol. The smallest absolute Gasteiger partial charge is 0.223 e. The van der Waals surface area contributed by atoms with Crippen molar-refractivity contribution >= 4 is 43.7 Å². The maximum Gasteiger partial charge on any atom is 0.526 e. The van der Waals surface area contributed by atoms with Crippen molar-refractivity contribution in [3.05, 3.63) is 0 Å². The van der Waals surface area contributed by atoms with Gasteiger partial charge >= 0.3 is 7.82 Å². The van der Waals surface area contributed by atoms with Gasteiger partial charge in [0.25, 0.3) is 0 Å². The molecule has 0 saturated carbocycles. The molecule has 0 bridgehead atoms. The molecule has 7 nitrogen and oxygen atoms in total. The molecule has 0 amide bonds. The van der Waals surface area contributed by atoms with Crippen molar-refractivity contribution in [2.45, 2.75) is 20.8 Å². The number of hydrogen-bond acceptors (Lipinski definition) is 10. The SMILES string of the molecule is CCSNOP(=O)(ONSCC)ONSCC. The highest BCUT2D eigenvalue weighted by molar-refractivity contribution is 7.97. The van der Waals surface area contributed by atoms with Crippen LogP contribution in [0.5, 0.6) is 0 Å². The lowest BCUT2D eigenvalue weighted by Gasteiger charge is -2.16. The van der Waals surface area contributed by atoms with E-state index in [9.17, 15) is 4.57 Å². The first kappa shape index (κ1) is 18.0. The van der Waals surface area contributed by atoms with E-state index in [0.717, 1.165) is 17.3 Å². The van der Waals surface area contributed by atoms with E-state index < -0.39 is 7.82 Å². The lowest BCUT2D eigenvalue weighted by atomic mass is 11.0. The van der Waals surface area contributed by atoms with Crippen LogP contribution in [0.15, 0.2) is 0 Å². The van der Waals surface area contributed by atoms with Gasteiger partial charge < -0.3 is 0 Å². The fourth-order valence-corrected chi connectivity index (χ4v) is 2.64. The fraction of sp³-hybridized carbons (Fsp3) is 1.00. The summed E-state index contributed by atoms with van der Waals surface area (Å²) >= 11 is 3.72. The molecule has 0 fully saturated rings. The lowest BCUT2D eigenvalue weighted by molar-refractivity contribution is 0.0770. The number of hydrogen-bond donors (Lipinski definition) is 3. The molecule has 0 heterocycles. The van der Waals surface area contributed by atoms with Gasteiger partial charge in [-0.2, -0.15) is 13.9 Å². The van der Waals surface area contributed by atoms with E-state index >= 15 is 0 Å². The molecule has 0 aliphatic carbocycles. The second-order valence-corrected chi connectivity index (χ2v) is 6.81. The van der Waals surface area contributed by atoms with Gasteiger partial charge in [0.2, 0.25) is 0 Å². The highest BCUT2D eigenvalue weighted by atomic mass is 32.2. The maximum absolute atomic E-state index is 11.9. The van der Waals surface area contributed by atoms with Gasteiger partial charge in [-0.05, 0) is 0 Å². The molecule has 0 aliphatic heterocycles. The van der Waals surface area contributed by atoms with Crippen molar-refractivity contribution < 1.29 is 18.4 Å². The minimum absolute atomic E-state index is 0.758. The molecule has 0 spiro atoms. The van der Waals surface area contributed by atoms with Gasteiger partial charge in [-0.1, -0.05) is 56.6 Å². The molecule has 0 unspecified atom stereocenters. The van der Waals surface area contributed by atoms with Crippen LogP contribution in [0.3, 0.4) is 0 Å². The molecule has 0 aromatic rings. The molecule has 3 N–H and O–H groups in total. The largest absolute Gasteiger partial charge is 0.526 e. The van der Waals surface area contributed by atoms with E-state index in [4.69, 9.17) is 13.9 Å². The Kier molecular flexibility index (Phi) is 12.8. The van der Waals surface area contributed by atoms with E-state index in [1.54, 1.807) is 0 Å². The van der Waals surface area contributed by atoms with Crippen LogP contribution in [0.1, 0.15) is 20.8 Å². The summed E-state index contributed by atoms with van der Waals surface area (Å²) in [5.74, 6) is 2.27. The zero-order valence-electron chi connectivity index (χ0n) is 9.93. The van der Waals surface area contributed by atoms with E-state index in [1.165, 1.54) is 35.8 Å². The maximum atomic E-state index is 11.9. The Morgan fingerprint density at radius 1 is 0.824 bits per heavy atom. The van der Waals surface area contributed by atoms with Gasteiger partial charge in [-0.25, -0.2) is 4.57 Å². The predicted molar refractivity (Wildman–Crippen MR) is 74.7 cm³/mol. The third-order valence-electron chi connectivity index (χ3n) is 1.06. The van der Waals surface area contributed by atoms with E-state index in [1.807, 2.05) is 20.8 Å². The summed E-state index contributed by atoms with van der Waals surface area (Å²) < 4.78 is 26.5. The van der Waals surface area contributed by atoms with E-state index in [0.29, 0.717) is 0 Å². The molecule has 0 aromatic heterocycles. The molecule has 0 radical (unpaired) electrons. The minimum atomic E-state index is -3.70. The highest BCUT2D eigenvalue weighted by Crippen LogP contribution is 2.47. The van der Waals surface area contributed by atoms with Crippen molar-refractivity contribution in [2.75, 3.05) is 17.3 Å². The highest BCUT2D eigenvalue weighted by Gasteiger charge is 2.29. The normalized spacial score (nSPS) is 11.9. The quantitative estimate of drug-likeness (QED) is 0.216. The first-order valence-electron chi connectivity index (χ1n) is 4.94. The Labute approximate surface area is 115 Å². The number of phosphoric acid groups is 1. The summed E-state index contributed by atoms with van der Waals surface area (Å²) in [6.07, 6.45) is 0. The molecule has 0 rings (SSSR count). The van der Waals surface area contributed by atoms with Gasteiger partial charge in [0.1, 0.15) is 0 Å². The van der Waals surface area contributed by atoms with Crippen molar-refractivity contribution in [2.24, 2.45) is 0 Å². The van der Waals surface area contributed by atoms with Crippen LogP contribution in [0.4, 0.5) is 0 Å². The van der Waals surface area contributed by atoms with Gasteiger partial charge in [0.05, 0.1) is 0 Å². The topological polar surface area (TPSA) is 80.9 Å². The fourth-order valence-electron chi connectivity index (χ4n) is 0.449. The number of rotatable bonds is 12. The first-order valence-corrected chi connectivity index (χ1v) is 9.36. The standard InChI is InChI=1S/C6H18N3O4PS3/c1-4-15-7-11-14(10,12-8-16-5-2)13-9-17-6-3/h7-9H,4-6H2,1-3H3. The van der Waals surface area contributed by atoms with Gasteiger partial charge in [-0.3, -0.25) is 0 Å². The third kappa shape index (κ3) is 10.6. The van der Waals surface area contributed by atoms with Crippen LogP contribution < -0.4 is 14.7 Å². The molecular formula is C6H18N3O4PS3. The Morgan fingerprint density at radius 2 is 1.12 bits per heavy atom. The minimum Gasteiger partial charge on any atom is -0.223 e. The second-order valence-electron chi connectivity index (χ2n) is 2.27. The number of nitrogens with one attached hydrogen (secondary N) is 3. The zero-order valence-corrected chi connectivity index (χ0v) is 13.3. The van der Waals surface area contributed by atoms with Crippen molar-refractivity contribution in [3.8, 4) is 0 Å². The summed E-state index contributed by atoms with van der Waals surface area (Å²) in [5, 5.41) is 0. The molecule has 0 aromatic carbocycles. The molecule has 0 atom stereocenters. The lowest BCUT2D eigenvalue weighted by Crippen LogP contribution is -2.16. The van der Waals surface area contributed by atoms with Crippen LogP contribution in [-0.4, -0.2) is 17.3 Å². The van der Waals surface area contributed by atoms with E-state index in [-0.39, 0.29) is 0 Å². The summed E-state index contributed by atoms with van der Waals surface area (Å²) in [6.45, 7) is 5.76. The predicted octanol–water partition coefficient (Wildman–Crippen LogP) is 2.66. The van der Waals surface area contributed by atoms with Gasteiger partial charge in [0, 0.05) is 17.3 Å². The van der Waals surface area contributed by atoms with Gasteiger partial charge in [0.15, 0.2) is 0 Å². The average Bonchev–Trinajstić information content (AvgIpc) is 2.30. The molecule has 0 aliphatic rings. The molecule has 0 saturated heterocycles. The molecule has 17 heavy (non-hydrogen) atoms. The van der Waals surface area contributed by atoms with Crippen molar-refractivity contribution in [1.29, 1.82) is 0 Å². The van der Waals surface area contributed by atoms with Crippen LogP contribution >= 0.6 is 43.7 Å². The summed E-state index contributed by atoms with van der Waals surface area (Å²) in [5.41, 5.74) is 0. The summed E-state index contributed by atoms with van der Waals surface area (Å²) in [6, 6.07) is 0.